The molecule has 2 unspecified atom stereocenters. The van der Waals surface area contributed by atoms with Crippen LogP contribution in [0.15, 0.2) is 18.2 Å². The van der Waals surface area contributed by atoms with Gasteiger partial charge in [-0.05, 0) is 45.4 Å². The lowest BCUT2D eigenvalue weighted by Gasteiger charge is -2.35. The van der Waals surface area contributed by atoms with E-state index >= 15 is 0 Å². The van der Waals surface area contributed by atoms with Crippen LogP contribution in [0.25, 0.3) is 0 Å². The smallest absolute Gasteiger partial charge is 0.143 e. The molecule has 0 aliphatic carbocycles. The van der Waals surface area contributed by atoms with Crippen molar-refractivity contribution in [1.29, 1.82) is 5.26 Å². The Kier molecular flexibility index (Phi) is 6.17. The van der Waals surface area contributed by atoms with Crippen molar-refractivity contribution < 1.29 is 9.13 Å². The van der Waals surface area contributed by atoms with Crippen molar-refractivity contribution in [2.24, 2.45) is 0 Å². The Balaban J connectivity index is 1.70. The predicted octanol–water partition coefficient (Wildman–Crippen LogP) is 3.00. The summed E-state index contributed by atoms with van der Waals surface area (Å²) in [6.07, 6.45) is 2.66. The molecule has 0 aromatic heterocycles. The van der Waals surface area contributed by atoms with Gasteiger partial charge in [0.05, 0.1) is 17.9 Å². The first-order chi connectivity index (χ1) is 10.6. The summed E-state index contributed by atoms with van der Waals surface area (Å²) in [4.78, 5) is 2.43. The minimum Gasteiger partial charge on any atom is -0.384 e. The summed E-state index contributed by atoms with van der Waals surface area (Å²) in [5, 5.41) is 12.1. The van der Waals surface area contributed by atoms with E-state index in [2.05, 4.69) is 24.1 Å². The van der Waals surface area contributed by atoms with E-state index < -0.39 is 5.82 Å². The molecule has 1 aliphatic rings. The zero-order chi connectivity index (χ0) is 15.9. The molecule has 1 aromatic carbocycles. The average Bonchev–Trinajstić information content (AvgIpc) is 2.46. The van der Waals surface area contributed by atoms with Crippen molar-refractivity contribution in [3.63, 3.8) is 0 Å². The second-order valence-corrected chi connectivity index (χ2v) is 5.92. The fourth-order valence-corrected chi connectivity index (χ4v) is 2.94. The Hall–Kier alpha value is -1.64. The van der Waals surface area contributed by atoms with Crippen molar-refractivity contribution in [2.45, 2.75) is 38.9 Å². The topological polar surface area (TPSA) is 48.3 Å². The molecular formula is C17H24FN3O. The first-order valence-corrected chi connectivity index (χ1v) is 7.90. The van der Waals surface area contributed by atoms with Gasteiger partial charge >= 0.3 is 0 Å². The lowest BCUT2D eigenvalue weighted by atomic mass is 10.1. The molecule has 1 heterocycles. The number of hydrogen-bond acceptors (Lipinski definition) is 4. The number of nitrogens with zero attached hydrogens (tertiary/aromatic N) is 2. The molecule has 1 aliphatic heterocycles. The van der Waals surface area contributed by atoms with Crippen LogP contribution in [-0.2, 0) is 4.74 Å². The number of halogens is 1. The van der Waals surface area contributed by atoms with Crippen LogP contribution in [0.3, 0.4) is 0 Å². The number of hydrogen-bond donors (Lipinski definition) is 1. The normalized spacial score (nSPS) is 22.3. The first kappa shape index (κ1) is 16.7. The molecule has 2 rings (SSSR count). The van der Waals surface area contributed by atoms with Crippen LogP contribution in [0.2, 0.25) is 0 Å². The van der Waals surface area contributed by atoms with E-state index in [9.17, 15) is 4.39 Å². The number of nitriles is 1. The van der Waals surface area contributed by atoms with Gasteiger partial charge in [-0.1, -0.05) is 6.07 Å². The SMILES string of the molecule is CC1CN(CCCCNc2cccc(F)c2C#N)CC(C)O1. The number of unbranched alkanes of at least 4 members (excludes halogenated alkanes) is 1. The van der Waals surface area contributed by atoms with Crippen LogP contribution in [0, 0.1) is 17.1 Å². The molecule has 120 valence electrons. The minimum atomic E-state index is -0.469. The maximum Gasteiger partial charge on any atom is 0.143 e. The fourth-order valence-electron chi connectivity index (χ4n) is 2.94. The van der Waals surface area contributed by atoms with Gasteiger partial charge in [-0.15, -0.1) is 0 Å². The molecule has 5 heteroatoms. The van der Waals surface area contributed by atoms with Crippen LogP contribution >= 0.6 is 0 Å². The maximum atomic E-state index is 13.5. The van der Waals surface area contributed by atoms with E-state index in [1.807, 2.05) is 6.07 Å². The van der Waals surface area contributed by atoms with Crippen LogP contribution in [0.5, 0.6) is 0 Å². The van der Waals surface area contributed by atoms with E-state index in [-0.39, 0.29) is 5.56 Å². The third-order valence-electron chi connectivity index (χ3n) is 3.84. The molecule has 1 aromatic rings. The molecule has 0 amide bonds. The van der Waals surface area contributed by atoms with Gasteiger partial charge in [0.2, 0.25) is 0 Å². The van der Waals surface area contributed by atoms with E-state index in [1.165, 1.54) is 6.07 Å². The Morgan fingerprint density at radius 3 is 2.73 bits per heavy atom. The van der Waals surface area contributed by atoms with Crippen LogP contribution in [0.1, 0.15) is 32.3 Å². The van der Waals surface area contributed by atoms with Gasteiger partial charge in [0, 0.05) is 19.6 Å². The molecule has 1 fully saturated rings. The van der Waals surface area contributed by atoms with E-state index in [0.717, 1.165) is 39.0 Å². The largest absolute Gasteiger partial charge is 0.384 e. The van der Waals surface area contributed by atoms with Gasteiger partial charge in [-0.2, -0.15) is 5.26 Å². The molecule has 0 spiro atoms. The lowest BCUT2D eigenvalue weighted by Crippen LogP contribution is -2.45. The van der Waals surface area contributed by atoms with Crippen molar-refractivity contribution in [3.05, 3.63) is 29.6 Å². The number of benzene rings is 1. The van der Waals surface area contributed by atoms with Gasteiger partial charge in [0.15, 0.2) is 0 Å². The first-order valence-electron chi connectivity index (χ1n) is 7.90. The van der Waals surface area contributed by atoms with Crippen molar-refractivity contribution in [3.8, 4) is 6.07 Å². The summed E-state index contributed by atoms with van der Waals surface area (Å²) in [5.74, 6) is -0.469. The Bertz CT molecular complexity index is 519. The van der Waals surface area contributed by atoms with Crippen LogP contribution < -0.4 is 5.32 Å². The van der Waals surface area contributed by atoms with E-state index in [0.29, 0.717) is 17.9 Å². The van der Waals surface area contributed by atoms with E-state index in [1.54, 1.807) is 12.1 Å². The lowest BCUT2D eigenvalue weighted by molar-refractivity contribution is -0.0681. The number of morpholine rings is 1. The molecule has 22 heavy (non-hydrogen) atoms. The Morgan fingerprint density at radius 1 is 1.32 bits per heavy atom. The van der Waals surface area contributed by atoms with Gasteiger partial charge in [0.1, 0.15) is 17.4 Å². The van der Waals surface area contributed by atoms with Gasteiger partial charge in [-0.25, -0.2) is 4.39 Å². The number of nitrogens with one attached hydrogen (secondary N) is 1. The average molecular weight is 305 g/mol. The zero-order valence-electron chi connectivity index (χ0n) is 13.3. The highest BCUT2D eigenvalue weighted by Crippen LogP contribution is 2.18. The molecule has 0 bridgehead atoms. The predicted molar refractivity (Wildman–Crippen MR) is 85.3 cm³/mol. The van der Waals surface area contributed by atoms with Crippen molar-refractivity contribution in [2.75, 3.05) is 31.5 Å². The molecule has 4 nitrogen and oxygen atoms in total. The third-order valence-corrected chi connectivity index (χ3v) is 3.84. The fraction of sp³-hybridized carbons (Fsp3) is 0.588. The maximum absolute atomic E-state index is 13.5. The highest BCUT2D eigenvalue weighted by Gasteiger charge is 2.21. The van der Waals surface area contributed by atoms with Gasteiger partial charge in [-0.3, -0.25) is 4.90 Å². The number of ether oxygens (including phenoxy) is 1. The second kappa shape index (κ2) is 8.11. The van der Waals surface area contributed by atoms with E-state index in [4.69, 9.17) is 10.00 Å². The molecule has 1 N–H and O–H groups in total. The summed E-state index contributed by atoms with van der Waals surface area (Å²) in [6.45, 7) is 7.98. The summed E-state index contributed by atoms with van der Waals surface area (Å²) in [6, 6.07) is 6.58. The molecule has 2 atom stereocenters. The highest BCUT2D eigenvalue weighted by molar-refractivity contribution is 5.57. The highest BCUT2D eigenvalue weighted by atomic mass is 19.1. The third kappa shape index (κ3) is 4.69. The summed E-state index contributed by atoms with van der Waals surface area (Å²) in [5.41, 5.74) is 0.675. The summed E-state index contributed by atoms with van der Waals surface area (Å²) in [7, 11) is 0. The van der Waals surface area contributed by atoms with Gasteiger partial charge < -0.3 is 10.1 Å². The van der Waals surface area contributed by atoms with Gasteiger partial charge in [0.25, 0.3) is 0 Å². The Labute approximate surface area is 131 Å². The minimum absolute atomic E-state index is 0.0957. The quantitative estimate of drug-likeness (QED) is 0.821. The molecular weight excluding hydrogens is 281 g/mol. The zero-order valence-corrected chi connectivity index (χ0v) is 13.3. The number of rotatable bonds is 6. The monoisotopic (exact) mass is 305 g/mol. The van der Waals surface area contributed by atoms with Crippen LogP contribution in [-0.4, -0.2) is 43.3 Å². The summed E-state index contributed by atoms with van der Waals surface area (Å²) >= 11 is 0. The summed E-state index contributed by atoms with van der Waals surface area (Å²) < 4.78 is 19.2. The van der Waals surface area contributed by atoms with Crippen molar-refractivity contribution in [1.82, 2.24) is 4.90 Å². The Morgan fingerprint density at radius 2 is 2.05 bits per heavy atom. The number of anilines is 1. The molecule has 1 saturated heterocycles. The second-order valence-electron chi connectivity index (χ2n) is 5.92. The van der Waals surface area contributed by atoms with Crippen LogP contribution in [0.4, 0.5) is 10.1 Å². The standard InChI is InChI=1S/C17H24FN3O/c1-13-11-21(12-14(2)22-13)9-4-3-8-20-17-7-5-6-16(18)15(17)10-19/h5-7,13-14,20H,3-4,8-9,11-12H2,1-2H3. The molecule has 0 saturated carbocycles. The van der Waals surface area contributed by atoms with Crippen molar-refractivity contribution >= 4 is 5.69 Å². The molecule has 0 radical (unpaired) electrons.